The van der Waals surface area contributed by atoms with E-state index < -0.39 is 0 Å². The van der Waals surface area contributed by atoms with E-state index in [0.29, 0.717) is 5.69 Å². The van der Waals surface area contributed by atoms with Crippen molar-refractivity contribution in [1.29, 1.82) is 0 Å². The van der Waals surface area contributed by atoms with Crippen LogP contribution in [0.3, 0.4) is 0 Å². The molecule has 0 fully saturated rings. The van der Waals surface area contributed by atoms with Crippen LogP contribution in [0.1, 0.15) is 5.69 Å². The number of aromatic nitrogens is 3. The van der Waals surface area contributed by atoms with Crippen molar-refractivity contribution in [3.63, 3.8) is 0 Å². The van der Waals surface area contributed by atoms with Gasteiger partial charge in [0.05, 0.1) is 23.3 Å². The highest BCUT2D eigenvalue weighted by molar-refractivity contribution is 5.93. The highest BCUT2D eigenvalue weighted by Gasteiger charge is 2.14. The lowest BCUT2D eigenvalue weighted by atomic mass is 10.00. The molecule has 3 aromatic rings. The van der Waals surface area contributed by atoms with Crippen LogP contribution in [0.25, 0.3) is 22.5 Å². The Bertz CT molecular complexity index is 758. The summed E-state index contributed by atoms with van der Waals surface area (Å²) in [5.74, 6) is 0. The number of hydrogen-bond donors (Lipinski definition) is 1. The van der Waals surface area contributed by atoms with Gasteiger partial charge in [-0.2, -0.15) is 0 Å². The van der Waals surface area contributed by atoms with Gasteiger partial charge in [-0.3, -0.25) is 15.0 Å². The van der Waals surface area contributed by atoms with Gasteiger partial charge in [0.2, 0.25) is 0 Å². The fourth-order valence-corrected chi connectivity index (χ4v) is 2.15. The number of nitrogens with zero attached hydrogens (tertiary/aromatic N) is 4. The van der Waals surface area contributed by atoms with E-state index in [9.17, 15) is 0 Å². The Morgan fingerprint density at radius 1 is 0.810 bits per heavy atom. The Kier molecular flexibility index (Phi) is 3.64. The minimum Gasteiger partial charge on any atom is -0.411 e. The second-order valence-corrected chi connectivity index (χ2v) is 4.29. The smallest absolute Gasteiger partial charge is 0.0946 e. The van der Waals surface area contributed by atoms with Gasteiger partial charge in [0.1, 0.15) is 0 Å². The minimum absolute atomic E-state index is 0.541. The first-order valence-corrected chi connectivity index (χ1v) is 6.39. The summed E-state index contributed by atoms with van der Waals surface area (Å²) in [6.45, 7) is 0. The van der Waals surface area contributed by atoms with Crippen molar-refractivity contribution in [2.75, 3.05) is 0 Å². The zero-order valence-electron chi connectivity index (χ0n) is 11.1. The van der Waals surface area contributed by atoms with Gasteiger partial charge in [0.15, 0.2) is 0 Å². The Morgan fingerprint density at radius 2 is 1.52 bits per heavy atom. The van der Waals surface area contributed by atoms with Crippen LogP contribution < -0.4 is 0 Å². The first-order valence-electron chi connectivity index (χ1n) is 6.39. The predicted molar refractivity (Wildman–Crippen MR) is 80.1 cm³/mol. The van der Waals surface area contributed by atoms with Crippen LogP contribution in [0.15, 0.2) is 66.2 Å². The average molecular weight is 276 g/mol. The number of pyridine rings is 3. The van der Waals surface area contributed by atoms with Crippen molar-refractivity contribution in [3.05, 3.63) is 66.7 Å². The zero-order chi connectivity index (χ0) is 14.5. The second-order valence-electron chi connectivity index (χ2n) is 4.29. The Labute approximate surface area is 121 Å². The van der Waals surface area contributed by atoms with Crippen molar-refractivity contribution in [2.24, 2.45) is 5.16 Å². The topological polar surface area (TPSA) is 71.3 Å². The average Bonchev–Trinajstić information content (AvgIpc) is 2.56. The van der Waals surface area contributed by atoms with Crippen LogP contribution in [-0.4, -0.2) is 26.4 Å². The van der Waals surface area contributed by atoms with Crippen LogP contribution in [-0.2, 0) is 0 Å². The van der Waals surface area contributed by atoms with E-state index in [-0.39, 0.29) is 0 Å². The molecule has 102 valence electrons. The monoisotopic (exact) mass is 276 g/mol. The Morgan fingerprint density at radius 3 is 2.14 bits per heavy atom. The summed E-state index contributed by atoms with van der Waals surface area (Å²) in [5.41, 5.74) is 3.78. The molecule has 0 aromatic carbocycles. The molecule has 5 heteroatoms. The summed E-state index contributed by atoms with van der Waals surface area (Å²) in [5, 5.41) is 11.9. The van der Waals surface area contributed by atoms with E-state index in [1.54, 1.807) is 18.6 Å². The molecular formula is C16H12N4O. The van der Waals surface area contributed by atoms with Gasteiger partial charge in [-0.1, -0.05) is 17.3 Å². The Balaban J connectivity index is 2.28. The largest absolute Gasteiger partial charge is 0.411 e. The van der Waals surface area contributed by atoms with Gasteiger partial charge >= 0.3 is 0 Å². The maximum atomic E-state index is 8.85. The summed E-state index contributed by atoms with van der Waals surface area (Å²) < 4.78 is 0. The molecular weight excluding hydrogens is 264 g/mol. The molecule has 0 unspecified atom stereocenters. The molecule has 3 aromatic heterocycles. The highest BCUT2D eigenvalue weighted by atomic mass is 16.4. The van der Waals surface area contributed by atoms with Crippen LogP contribution in [0.2, 0.25) is 0 Å². The van der Waals surface area contributed by atoms with Gasteiger partial charge in [-0.05, 0) is 30.3 Å². The molecule has 0 aliphatic rings. The van der Waals surface area contributed by atoms with E-state index in [2.05, 4.69) is 20.1 Å². The molecule has 3 rings (SSSR count). The highest BCUT2D eigenvalue weighted by Crippen LogP contribution is 2.30. The molecule has 5 nitrogen and oxygen atoms in total. The standard InChI is InChI=1S/C16H12N4O/c21-20-11-15-16(14-6-2-4-9-18-14)12(7-10-19-15)13-5-1-3-8-17-13/h1-11,21H. The molecule has 0 saturated heterocycles. The molecule has 0 saturated carbocycles. The third-order valence-corrected chi connectivity index (χ3v) is 3.02. The van der Waals surface area contributed by atoms with Crippen LogP contribution in [0, 0.1) is 0 Å². The minimum atomic E-state index is 0.541. The fraction of sp³-hybridized carbons (Fsp3) is 0. The van der Waals surface area contributed by atoms with E-state index in [0.717, 1.165) is 22.5 Å². The normalized spacial score (nSPS) is 10.9. The summed E-state index contributed by atoms with van der Waals surface area (Å²) >= 11 is 0. The first kappa shape index (κ1) is 12.9. The molecule has 0 aliphatic carbocycles. The maximum Gasteiger partial charge on any atom is 0.0946 e. The zero-order valence-corrected chi connectivity index (χ0v) is 11.1. The fourth-order valence-electron chi connectivity index (χ4n) is 2.15. The first-order chi connectivity index (χ1) is 10.4. The molecule has 0 radical (unpaired) electrons. The van der Waals surface area contributed by atoms with E-state index in [4.69, 9.17) is 5.21 Å². The van der Waals surface area contributed by atoms with E-state index in [1.165, 1.54) is 6.21 Å². The van der Waals surface area contributed by atoms with Crippen LogP contribution in [0.5, 0.6) is 0 Å². The lowest BCUT2D eigenvalue weighted by Gasteiger charge is -2.10. The van der Waals surface area contributed by atoms with Crippen molar-refractivity contribution in [1.82, 2.24) is 15.0 Å². The SMILES string of the molecule is ON=Cc1nccc(-c2ccccn2)c1-c1ccccn1. The Hall–Kier alpha value is -3.08. The number of oxime groups is 1. The molecule has 1 N–H and O–H groups in total. The third kappa shape index (κ3) is 2.62. The second kappa shape index (κ2) is 5.92. The molecule has 21 heavy (non-hydrogen) atoms. The number of rotatable bonds is 3. The lowest BCUT2D eigenvalue weighted by molar-refractivity contribution is 0.321. The number of hydrogen-bond acceptors (Lipinski definition) is 5. The van der Waals surface area contributed by atoms with Gasteiger partial charge in [-0.15, -0.1) is 0 Å². The molecule has 0 atom stereocenters. The summed E-state index contributed by atoms with van der Waals surface area (Å²) in [4.78, 5) is 13.0. The van der Waals surface area contributed by atoms with Crippen molar-refractivity contribution < 1.29 is 5.21 Å². The van der Waals surface area contributed by atoms with Crippen LogP contribution >= 0.6 is 0 Å². The summed E-state index contributed by atoms with van der Waals surface area (Å²) in [6.07, 6.45) is 6.41. The maximum absolute atomic E-state index is 8.85. The van der Waals surface area contributed by atoms with Gasteiger partial charge < -0.3 is 5.21 Å². The molecule has 0 amide bonds. The van der Waals surface area contributed by atoms with Crippen molar-refractivity contribution in [3.8, 4) is 22.5 Å². The van der Waals surface area contributed by atoms with Gasteiger partial charge in [0, 0.05) is 29.7 Å². The summed E-state index contributed by atoms with van der Waals surface area (Å²) in [7, 11) is 0. The molecule has 0 bridgehead atoms. The molecule has 0 spiro atoms. The van der Waals surface area contributed by atoms with Crippen LogP contribution in [0.4, 0.5) is 0 Å². The van der Waals surface area contributed by atoms with E-state index in [1.807, 2.05) is 42.5 Å². The van der Waals surface area contributed by atoms with Crippen molar-refractivity contribution in [2.45, 2.75) is 0 Å². The van der Waals surface area contributed by atoms with Gasteiger partial charge in [0.25, 0.3) is 0 Å². The quantitative estimate of drug-likeness (QED) is 0.453. The molecule has 3 heterocycles. The lowest BCUT2D eigenvalue weighted by Crippen LogP contribution is -1.98. The predicted octanol–water partition coefficient (Wildman–Crippen LogP) is 3.01. The van der Waals surface area contributed by atoms with Gasteiger partial charge in [-0.25, -0.2) is 0 Å². The van der Waals surface area contributed by atoms with Crippen molar-refractivity contribution >= 4 is 6.21 Å². The van der Waals surface area contributed by atoms with E-state index >= 15 is 0 Å². The summed E-state index contributed by atoms with van der Waals surface area (Å²) in [6, 6.07) is 13.2. The third-order valence-electron chi connectivity index (χ3n) is 3.02. The molecule has 0 aliphatic heterocycles.